The van der Waals surface area contributed by atoms with E-state index in [0.717, 1.165) is 6.42 Å². The molecule has 0 fully saturated rings. The van der Waals surface area contributed by atoms with Gasteiger partial charge in [0.1, 0.15) is 6.04 Å². The summed E-state index contributed by atoms with van der Waals surface area (Å²) >= 11 is 0. The van der Waals surface area contributed by atoms with Crippen LogP contribution >= 0.6 is 24.8 Å². The van der Waals surface area contributed by atoms with Crippen LogP contribution in [0.2, 0.25) is 0 Å². The predicted molar refractivity (Wildman–Crippen MR) is 52.8 cm³/mol. The van der Waals surface area contributed by atoms with Gasteiger partial charge in [-0.25, -0.2) is 0 Å². The molecule has 0 aromatic heterocycles. The Labute approximate surface area is 84.8 Å². The van der Waals surface area contributed by atoms with Crippen LogP contribution in [0.25, 0.3) is 0 Å². The first-order chi connectivity index (χ1) is 4.72. The molecule has 0 amide bonds. The zero-order valence-corrected chi connectivity index (χ0v) is 8.62. The van der Waals surface area contributed by atoms with E-state index >= 15 is 0 Å². The average molecular weight is 219 g/mol. The second-order valence-corrected chi connectivity index (χ2v) is 2.06. The van der Waals surface area contributed by atoms with Crippen LogP contribution in [-0.4, -0.2) is 25.7 Å². The molecule has 0 unspecified atom stereocenters. The number of rotatable bonds is 4. The van der Waals surface area contributed by atoms with Crippen molar-refractivity contribution < 1.29 is 9.53 Å². The molecule has 0 rings (SSSR count). The molecule has 4 nitrogen and oxygen atoms in total. The van der Waals surface area contributed by atoms with Crippen molar-refractivity contribution in [1.29, 1.82) is 0 Å². The first-order valence-electron chi connectivity index (χ1n) is 3.26. The van der Waals surface area contributed by atoms with Crippen molar-refractivity contribution in [2.24, 2.45) is 11.5 Å². The van der Waals surface area contributed by atoms with Crippen LogP contribution in [0.4, 0.5) is 0 Å². The molecule has 0 spiro atoms. The number of nitrogens with two attached hydrogens (primary N) is 2. The number of halogens is 2. The van der Waals surface area contributed by atoms with Gasteiger partial charge in [-0.2, -0.15) is 0 Å². The minimum Gasteiger partial charge on any atom is -0.468 e. The van der Waals surface area contributed by atoms with Gasteiger partial charge < -0.3 is 16.2 Å². The summed E-state index contributed by atoms with van der Waals surface area (Å²) in [5.41, 5.74) is 10.6. The number of methoxy groups -OCH3 is 1. The smallest absolute Gasteiger partial charge is 0.322 e. The van der Waals surface area contributed by atoms with Crippen LogP contribution < -0.4 is 11.5 Å². The van der Waals surface area contributed by atoms with E-state index < -0.39 is 6.04 Å². The molecule has 0 aromatic carbocycles. The van der Waals surface area contributed by atoms with E-state index in [2.05, 4.69) is 4.74 Å². The van der Waals surface area contributed by atoms with E-state index in [1.165, 1.54) is 7.11 Å². The van der Waals surface area contributed by atoms with E-state index in [9.17, 15) is 4.79 Å². The zero-order valence-electron chi connectivity index (χ0n) is 6.99. The maximum Gasteiger partial charge on any atom is 0.322 e. The molecule has 0 aliphatic rings. The van der Waals surface area contributed by atoms with Crippen molar-refractivity contribution in [3.05, 3.63) is 0 Å². The van der Waals surface area contributed by atoms with Gasteiger partial charge >= 0.3 is 5.97 Å². The highest BCUT2D eigenvalue weighted by atomic mass is 35.5. The molecule has 76 valence electrons. The fourth-order valence-electron chi connectivity index (χ4n) is 0.607. The van der Waals surface area contributed by atoms with Gasteiger partial charge in [-0.05, 0) is 19.4 Å². The van der Waals surface area contributed by atoms with Crippen molar-refractivity contribution in [2.45, 2.75) is 18.9 Å². The molecule has 0 aromatic rings. The van der Waals surface area contributed by atoms with E-state index in [4.69, 9.17) is 11.5 Å². The molecule has 0 saturated carbocycles. The normalized spacial score (nSPS) is 10.6. The highest BCUT2D eigenvalue weighted by Gasteiger charge is 2.11. The van der Waals surface area contributed by atoms with Crippen LogP contribution in [0, 0.1) is 0 Å². The van der Waals surface area contributed by atoms with Gasteiger partial charge in [-0.1, -0.05) is 0 Å². The lowest BCUT2D eigenvalue weighted by Crippen LogP contribution is -2.31. The molecule has 0 heterocycles. The fourth-order valence-corrected chi connectivity index (χ4v) is 0.607. The Morgan fingerprint density at radius 3 is 2.33 bits per heavy atom. The quantitative estimate of drug-likeness (QED) is 0.656. The van der Waals surface area contributed by atoms with Gasteiger partial charge in [0.15, 0.2) is 0 Å². The monoisotopic (exact) mass is 218 g/mol. The Morgan fingerprint density at radius 1 is 1.50 bits per heavy atom. The van der Waals surface area contributed by atoms with Crippen molar-refractivity contribution >= 4 is 30.8 Å². The third-order valence-corrected chi connectivity index (χ3v) is 1.22. The van der Waals surface area contributed by atoms with E-state index in [1.54, 1.807) is 0 Å². The zero-order chi connectivity index (χ0) is 7.98. The Morgan fingerprint density at radius 2 is 2.00 bits per heavy atom. The topological polar surface area (TPSA) is 78.3 Å². The number of esters is 1. The number of carbonyl (C=O) groups is 1. The molecule has 0 bridgehead atoms. The molecule has 6 heteroatoms. The highest BCUT2D eigenvalue weighted by molar-refractivity contribution is 5.85. The van der Waals surface area contributed by atoms with Crippen molar-refractivity contribution in [3.63, 3.8) is 0 Å². The molecular formula is C6H16Cl2N2O2. The van der Waals surface area contributed by atoms with Crippen molar-refractivity contribution in [3.8, 4) is 0 Å². The maximum atomic E-state index is 10.6. The molecule has 0 saturated heterocycles. The number of ether oxygens (including phenoxy) is 1. The summed E-state index contributed by atoms with van der Waals surface area (Å²) in [5, 5.41) is 0. The summed E-state index contributed by atoms with van der Waals surface area (Å²) in [6, 6.07) is -0.506. The van der Waals surface area contributed by atoms with Crippen LogP contribution in [-0.2, 0) is 9.53 Å². The van der Waals surface area contributed by atoms with Crippen molar-refractivity contribution in [2.75, 3.05) is 13.7 Å². The van der Waals surface area contributed by atoms with Gasteiger partial charge in [0.05, 0.1) is 7.11 Å². The van der Waals surface area contributed by atoms with Crippen molar-refractivity contribution in [1.82, 2.24) is 0 Å². The minimum absolute atomic E-state index is 0. The standard InChI is InChI=1S/C6H14N2O2.2ClH/c1-10-6(9)5(8)3-2-4-7;;/h5H,2-4,7-8H2,1H3;2*1H/t5-;;/m0../s1. The summed E-state index contributed by atoms with van der Waals surface area (Å²) in [5.74, 6) is -0.367. The second kappa shape index (κ2) is 11.0. The lowest BCUT2D eigenvalue weighted by atomic mass is 10.2. The molecule has 1 atom stereocenters. The van der Waals surface area contributed by atoms with Crippen LogP contribution in [0.15, 0.2) is 0 Å². The maximum absolute atomic E-state index is 10.6. The number of hydrogen-bond acceptors (Lipinski definition) is 4. The van der Waals surface area contributed by atoms with Crippen LogP contribution in [0.1, 0.15) is 12.8 Å². The van der Waals surface area contributed by atoms with Gasteiger partial charge in [-0.3, -0.25) is 4.79 Å². The van der Waals surface area contributed by atoms with E-state index in [0.29, 0.717) is 13.0 Å². The Bertz CT molecular complexity index is 114. The Hall–Kier alpha value is -0.0300. The summed E-state index contributed by atoms with van der Waals surface area (Å²) in [6.07, 6.45) is 1.36. The van der Waals surface area contributed by atoms with Crippen LogP contribution in [0.3, 0.4) is 0 Å². The first kappa shape index (κ1) is 17.9. The molecule has 0 radical (unpaired) electrons. The van der Waals surface area contributed by atoms with E-state index in [-0.39, 0.29) is 30.8 Å². The lowest BCUT2D eigenvalue weighted by molar-refractivity contribution is -0.142. The van der Waals surface area contributed by atoms with Gasteiger partial charge in [0.2, 0.25) is 0 Å². The molecule has 0 aliphatic carbocycles. The number of hydrogen-bond donors (Lipinski definition) is 2. The lowest BCUT2D eigenvalue weighted by Gasteiger charge is -2.06. The second-order valence-electron chi connectivity index (χ2n) is 2.06. The first-order valence-corrected chi connectivity index (χ1v) is 3.26. The van der Waals surface area contributed by atoms with Crippen LogP contribution in [0.5, 0.6) is 0 Å². The molecular weight excluding hydrogens is 203 g/mol. The molecule has 0 aliphatic heterocycles. The summed E-state index contributed by atoms with van der Waals surface area (Å²) < 4.78 is 4.40. The number of carbonyl (C=O) groups excluding carboxylic acids is 1. The largest absolute Gasteiger partial charge is 0.468 e. The predicted octanol–water partition coefficient (Wildman–Crippen LogP) is 0.0692. The fraction of sp³-hybridized carbons (Fsp3) is 0.833. The summed E-state index contributed by atoms with van der Waals surface area (Å²) in [7, 11) is 1.32. The third kappa shape index (κ3) is 8.07. The minimum atomic E-state index is -0.506. The van der Waals surface area contributed by atoms with E-state index in [1.807, 2.05) is 0 Å². The molecule has 4 N–H and O–H groups in total. The van der Waals surface area contributed by atoms with Gasteiger partial charge in [-0.15, -0.1) is 24.8 Å². The van der Waals surface area contributed by atoms with Gasteiger partial charge in [0, 0.05) is 0 Å². The third-order valence-electron chi connectivity index (χ3n) is 1.22. The Kier molecular flexibility index (Phi) is 16.4. The highest BCUT2D eigenvalue weighted by Crippen LogP contribution is 1.93. The SMILES string of the molecule is COC(=O)[C@@H](N)CCCN.Cl.Cl. The Balaban J connectivity index is -0.000000405. The van der Waals surface area contributed by atoms with Gasteiger partial charge in [0.25, 0.3) is 0 Å². The summed E-state index contributed by atoms with van der Waals surface area (Å²) in [4.78, 5) is 10.6. The summed E-state index contributed by atoms with van der Waals surface area (Å²) in [6.45, 7) is 0.560. The average Bonchev–Trinajstić information content (AvgIpc) is 1.98. The molecule has 12 heavy (non-hydrogen) atoms.